The van der Waals surface area contributed by atoms with Crippen LogP contribution in [-0.4, -0.2) is 26.3 Å². The van der Waals surface area contributed by atoms with Gasteiger partial charge in [-0.3, -0.25) is 0 Å². The maximum absolute atomic E-state index is 8.84. The molecule has 0 aromatic heterocycles. The van der Waals surface area contributed by atoms with Gasteiger partial charge in [0, 0.05) is 12.6 Å². The molecule has 0 amide bonds. The van der Waals surface area contributed by atoms with E-state index in [0.29, 0.717) is 22.1 Å². The van der Waals surface area contributed by atoms with Crippen LogP contribution in [0.4, 0.5) is 0 Å². The predicted molar refractivity (Wildman–Crippen MR) is 64.6 cm³/mol. The molecule has 0 spiro atoms. The van der Waals surface area contributed by atoms with Gasteiger partial charge in [0.1, 0.15) is 6.10 Å². The molecule has 1 saturated heterocycles. The Hall–Kier alpha value is -1.44. The van der Waals surface area contributed by atoms with Crippen molar-refractivity contribution in [1.82, 2.24) is 5.32 Å². The first-order valence-electron chi connectivity index (χ1n) is 5.39. The highest BCUT2D eigenvalue weighted by Crippen LogP contribution is 2.37. The highest BCUT2D eigenvalue weighted by Gasteiger charge is 2.20. The van der Waals surface area contributed by atoms with E-state index in [-0.39, 0.29) is 6.10 Å². The second-order valence-corrected chi connectivity index (χ2v) is 4.24. The molecule has 1 aliphatic rings. The molecular weight excluding hydrogens is 240 g/mol. The summed E-state index contributed by atoms with van der Waals surface area (Å²) in [6, 6.07) is 5.24. The van der Waals surface area contributed by atoms with Crippen LogP contribution in [0.25, 0.3) is 0 Å². The Morgan fingerprint density at radius 2 is 2.35 bits per heavy atom. The number of benzene rings is 1. The SMILES string of the molecule is COc1cc(C#N)cc(Cl)c1OC1CCNC1. The minimum absolute atomic E-state index is 0.106. The fourth-order valence-electron chi connectivity index (χ4n) is 1.79. The highest BCUT2D eigenvalue weighted by atomic mass is 35.5. The third-order valence-corrected chi connectivity index (χ3v) is 2.94. The van der Waals surface area contributed by atoms with Gasteiger partial charge in [0.25, 0.3) is 0 Å². The summed E-state index contributed by atoms with van der Waals surface area (Å²) in [5.74, 6) is 1.02. The van der Waals surface area contributed by atoms with E-state index in [9.17, 15) is 0 Å². The zero-order valence-electron chi connectivity index (χ0n) is 9.50. The molecule has 0 radical (unpaired) electrons. The molecule has 90 valence electrons. The van der Waals surface area contributed by atoms with Gasteiger partial charge in [-0.2, -0.15) is 5.26 Å². The van der Waals surface area contributed by atoms with Gasteiger partial charge in [-0.25, -0.2) is 0 Å². The minimum Gasteiger partial charge on any atom is -0.493 e. The van der Waals surface area contributed by atoms with Gasteiger partial charge in [0.2, 0.25) is 0 Å². The topological polar surface area (TPSA) is 54.3 Å². The molecule has 1 atom stereocenters. The van der Waals surface area contributed by atoms with Crippen LogP contribution in [0.15, 0.2) is 12.1 Å². The van der Waals surface area contributed by atoms with Crippen molar-refractivity contribution in [3.63, 3.8) is 0 Å². The fraction of sp³-hybridized carbons (Fsp3) is 0.417. The number of ether oxygens (including phenoxy) is 2. The summed E-state index contributed by atoms with van der Waals surface area (Å²) in [6.07, 6.45) is 1.05. The molecule has 1 aliphatic heterocycles. The van der Waals surface area contributed by atoms with Crippen LogP contribution < -0.4 is 14.8 Å². The lowest BCUT2D eigenvalue weighted by Crippen LogP contribution is -2.20. The first-order chi connectivity index (χ1) is 8.24. The third-order valence-electron chi connectivity index (χ3n) is 2.66. The summed E-state index contributed by atoms with van der Waals surface area (Å²) in [6.45, 7) is 1.75. The van der Waals surface area contributed by atoms with Gasteiger partial charge in [-0.15, -0.1) is 0 Å². The van der Waals surface area contributed by atoms with Crippen molar-refractivity contribution in [1.29, 1.82) is 5.26 Å². The van der Waals surface area contributed by atoms with Gasteiger partial charge in [-0.1, -0.05) is 11.6 Å². The average molecular weight is 253 g/mol. The van der Waals surface area contributed by atoms with Gasteiger partial charge < -0.3 is 14.8 Å². The Balaban J connectivity index is 2.28. The van der Waals surface area contributed by atoms with E-state index in [1.54, 1.807) is 12.1 Å². The molecule has 1 N–H and O–H groups in total. The second kappa shape index (κ2) is 5.26. The fourth-order valence-corrected chi connectivity index (χ4v) is 2.05. The number of nitrogens with zero attached hydrogens (tertiary/aromatic N) is 1. The van der Waals surface area contributed by atoms with Gasteiger partial charge in [-0.05, 0) is 19.0 Å². The molecular formula is C12H13ClN2O2. The van der Waals surface area contributed by atoms with E-state index in [1.807, 2.05) is 6.07 Å². The zero-order chi connectivity index (χ0) is 12.3. The maximum Gasteiger partial charge on any atom is 0.180 e. The Morgan fingerprint density at radius 1 is 1.53 bits per heavy atom. The van der Waals surface area contributed by atoms with Crippen molar-refractivity contribution in [2.75, 3.05) is 20.2 Å². The largest absolute Gasteiger partial charge is 0.493 e. The molecule has 1 heterocycles. The Kier molecular flexibility index (Phi) is 3.72. The lowest BCUT2D eigenvalue weighted by molar-refractivity contribution is 0.213. The van der Waals surface area contributed by atoms with E-state index in [2.05, 4.69) is 5.32 Å². The first-order valence-corrected chi connectivity index (χ1v) is 5.77. The number of nitrogens with one attached hydrogen (secondary N) is 1. The van der Waals surface area contributed by atoms with Crippen molar-refractivity contribution in [2.45, 2.75) is 12.5 Å². The molecule has 17 heavy (non-hydrogen) atoms. The van der Waals surface area contributed by atoms with Crippen molar-refractivity contribution >= 4 is 11.6 Å². The number of hydrogen-bond donors (Lipinski definition) is 1. The number of halogens is 1. The number of methoxy groups -OCH3 is 1. The number of nitriles is 1. The Morgan fingerprint density at radius 3 is 2.94 bits per heavy atom. The molecule has 0 saturated carbocycles. The Bertz CT molecular complexity index is 451. The number of rotatable bonds is 3. The van der Waals surface area contributed by atoms with Crippen LogP contribution >= 0.6 is 11.6 Å². The molecule has 1 aromatic rings. The van der Waals surface area contributed by atoms with Crippen LogP contribution in [0.5, 0.6) is 11.5 Å². The molecule has 1 aromatic carbocycles. The van der Waals surface area contributed by atoms with Crippen molar-refractivity contribution in [3.8, 4) is 17.6 Å². The van der Waals surface area contributed by atoms with Gasteiger partial charge >= 0.3 is 0 Å². The van der Waals surface area contributed by atoms with Gasteiger partial charge in [0.15, 0.2) is 11.5 Å². The van der Waals surface area contributed by atoms with Crippen LogP contribution in [0.2, 0.25) is 5.02 Å². The highest BCUT2D eigenvalue weighted by molar-refractivity contribution is 6.32. The van der Waals surface area contributed by atoms with E-state index in [4.69, 9.17) is 26.3 Å². The normalized spacial score (nSPS) is 18.8. The maximum atomic E-state index is 8.84. The standard InChI is InChI=1S/C12H13ClN2O2/c1-16-11-5-8(6-14)4-10(13)12(11)17-9-2-3-15-7-9/h4-5,9,15H,2-3,7H2,1H3. The summed E-state index contributed by atoms with van der Waals surface area (Å²) >= 11 is 6.09. The molecule has 0 bridgehead atoms. The summed E-state index contributed by atoms with van der Waals surface area (Å²) in [7, 11) is 1.53. The summed E-state index contributed by atoms with van der Waals surface area (Å²) in [4.78, 5) is 0. The summed E-state index contributed by atoms with van der Waals surface area (Å²) < 4.78 is 11.0. The lowest BCUT2D eigenvalue weighted by Gasteiger charge is -2.16. The van der Waals surface area contributed by atoms with Gasteiger partial charge in [0.05, 0.1) is 23.8 Å². The van der Waals surface area contributed by atoms with Crippen molar-refractivity contribution in [2.24, 2.45) is 0 Å². The van der Waals surface area contributed by atoms with Crippen LogP contribution in [0, 0.1) is 11.3 Å². The predicted octanol–water partition coefficient (Wildman–Crippen LogP) is 1.96. The monoisotopic (exact) mass is 252 g/mol. The summed E-state index contributed by atoms with van der Waals surface area (Å²) in [5, 5.41) is 12.5. The molecule has 1 unspecified atom stereocenters. The smallest absolute Gasteiger partial charge is 0.180 e. The van der Waals surface area contributed by atoms with Crippen LogP contribution in [-0.2, 0) is 0 Å². The second-order valence-electron chi connectivity index (χ2n) is 3.83. The molecule has 2 rings (SSSR count). The van der Waals surface area contributed by atoms with Crippen molar-refractivity contribution in [3.05, 3.63) is 22.7 Å². The quantitative estimate of drug-likeness (QED) is 0.894. The first kappa shape index (κ1) is 12.0. The average Bonchev–Trinajstić information content (AvgIpc) is 2.84. The van der Waals surface area contributed by atoms with Crippen molar-refractivity contribution < 1.29 is 9.47 Å². The molecule has 4 nitrogen and oxygen atoms in total. The summed E-state index contributed by atoms with van der Waals surface area (Å²) in [5.41, 5.74) is 0.462. The minimum atomic E-state index is 0.106. The zero-order valence-corrected chi connectivity index (χ0v) is 10.3. The van der Waals surface area contributed by atoms with E-state index >= 15 is 0 Å². The lowest BCUT2D eigenvalue weighted by atomic mass is 10.2. The molecule has 1 fully saturated rings. The van der Waals surface area contributed by atoms with E-state index in [1.165, 1.54) is 7.11 Å². The molecule has 0 aliphatic carbocycles. The van der Waals surface area contributed by atoms with Crippen LogP contribution in [0.1, 0.15) is 12.0 Å². The third kappa shape index (κ3) is 2.63. The number of hydrogen-bond acceptors (Lipinski definition) is 4. The van der Waals surface area contributed by atoms with E-state index in [0.717, 1.165) is 19.5 Å². The molecule has 5 heteroatoms. The Labute approximate surface area is 105 Å². The van der Waals surface area contributed by atoms with Crippen LogP contribution in [0.3, 0.4) is 0 Å². The van der Waals surface area contributed by atoms with E-state index < -0.39 is 0 Å².